The van der Waals surface area contributed by atoms with Crippen molar-refractivity contribution in [2.24, 2.45) is 0 Å². The van der Waals surface area contributed by atoms with E-state index >= 15 is 0 Å². The molecule has 0 radical (unpaired) electrons. The number of alkyl halides is 3. The number of nitriles is 1. The Bertz CT molecular complexity index is 382. The molecule has 1 aromatic rings. The standard InChI is InChI=1S/C7H2F4N2O/c8-5-1-6(14-7(9,10)11)13-3-4(5)2-12/h1,3H. The molecule has 74 valence electrons. The highest BCUT2D eigenvalue weighted by Crippen LogP contribution is 2.21. The van der Waals surface area contributed by atoms with E-state index in [1.807, 2.05) is 0 Å². The summed E-state index contributed by atoms with van der Waals surface area (Å²) in [6.07, 6.45) is -4.26. The lowest BCUT2D eigenvalue weighted by Gasteiger charge is -2.07. The van der Waals surface area contributed by atoms with Crippen molar-refractivity contribution >= 4 is 0 Å². The molecule has 1 heterocycles. The zero-order valence-corrected chi connectivity index (χ0v) is 6.47. The van der Waals surface area contributed by atoms with E-state index in [2.05, 4.69) is 9.72 Å². The van der Waals surface area contributed by atoms with Gasteiger partial charge < -0.3 is 4.74 Å². The Morgan fingerprint density at radius 2 is 2.07 bits per heavy atom. The van der Waals surface area contributed by atoms with Gasteiger partial charge in [-0.05, 0) is 0 Å². The predicted octanol–water partition coefficient (Wildman–Crippen LogP) is 1.99. The molecule has 14 heavy (non-hydrogen) atoms. The first-order chi connectivity index (χ1) is 6.42. The lowest BCUT2D eigenvalue weighted by molar-refractivity contribution is -0.276. The van der Waals surface area contributed by atoms with Crippen LogP contribution in [0.25, 0.3) is 0 Å². The number of ether oxygens (including phenoxy) is 1. The molecule has 1 rings (SSSR count). The Hall–Kier alpha value is -1.84. The molecule has 0 saturated carbocycles. The van der Waals surface area contributed by atoms with Crippen molar-refractivity contribution in [1.82, 2.24) is 4.98 Å². The highest BCUT2D eigenvalue weighted by Gasteiger charge is 2.32. The van der Waals surface area contributed by atoms with Gasteiger partial charge >= 0.3 is 6.36 Å². The Morgan fingerprint density at radius 1 is 1.43 bits per heavy atom. The number of hydrogen-bond donors (Lipinski definition) is 0. The monoisotopic (exact) mass is 206 g/mol. The second-order valence-electron chi connectivity index (χ2n) is 2.16. The maximum atomic E-state index is 12.7. The summed E-state index contributed by atoms with van der Waals surface area (Å²) >= 11 is 0. The molecule has 0 atom stereocenters. The summed E-state index contributed by atoms with van der Waals surface area (Å²) in [6, 6.07) is 1.81. The van der Waals surface area contributed by atoms with Crippen LogP contribution in [-0.2, 0) is 0 Å². The second kappa shape index (κ2) is 3.49. The van der Waals surface area contributed by atoms with Crippen molar-refractivity contribution in [3.63, 3.8) is 0 Å². The van der Waals surface area contributed by atoms with Gasteiger partial charge in [0.25, 0.3) is 0 Å². The van der Waals surface area contributed by atoms with Crippen molar-refractivity contribution < 1.29 is 22.3 Å². The molecule has 0 fully saturated rings. The minimum atomic E-state index is -4.92. The summed E-state index contributed by atoms with van der Waals surface area (Å²) in [6.45, 7) is 0. The van der Waals surface area contributed by atoms with Crippen LogP contribution < -0.4 is 4.74 Å². The Labute approximate surface area is 75.5 Å². The third-order valence-corrected chi connectivity index (χ3v) is 1.17. The third kappa shape index (κ3) is 2.58. The van der Waals surface area contributed by atoms with Gasteiger partial charge in [0.2, 0.25) is 5.88 Å². The maximum absolute atomic E-state index is 12.7. The van der Waals surface area contributed by atoms with Gasteiger partial charge in [-0.15, -0.1) is 13.2 Å². The van der Waals surface area contributed by atoms with Gasteiger partial charge in [0.05, 0.1) is 6.20 Å². The van der Waals surface area contributed by atoms with Gasteiger partial charge in [-0.25, -0.2) is 9.37 Å². The minimum Gasteiger partial charge on any atom is -0.388 e. The number of aromatic nitrogens is 1. The van der Waals surface area contributed by atoms with Crippen LogP contribution >= 0.6 is 0 Å². The highest BCUT2D eigenvalue weighted by molar-refractivity contribution is 5.30. The number of halogens is 4. The largest absolute Gasteiger partial charge is 0.574 e. The summed E-state index contributed by atoms with van der Waals surface area (Å²) in [4.78, 5) is 3.09. The quantitative estimate of drug-likeness (QED) is 0.660. The minimum absolute atomic E-state index is 0.395. The zero-order valence-electron chi connectivity index (χ0n) is 6.47. The molecule has 0 N–H and O–H groups in total. The fraction of sp³-hybridized carbons (Fsp3) is 0.143. The average molecular weight is 206 g/mol. The van der Waals surface area contributed by atoms with E-state index < -0.39 is 23.6 Å². The third-order valence-electron chi connectivity index (χ3n) is 1.17. The molecule has 1 aromatic heterocycles. The van der Waals surface area contributed by atoms with Gasteiger partial charge in [-0.3, -0.25) is 0 Å². The number of rotatable bonds is 1. The highest BCUT2D eigenvalue weighted by atomic mass is 19.4. The molecule has 0 aliphatic heterocycles. The van der Waals surface area contributed by atoms with Gasteiger partial charge in [-0.2, -0.15) is 5.26 Å². The molecule has 0 unspecified atom stereocenters. The average Bonchev–Trinajstić information content (AvgIpc) is 2.01. The molecule has 0 aromatic carbocycles. The topological polar surface area (TPSA) is 45.9 Å². The van der Waals surface area contributed by atoms with Crippen LogP contribution in [0.2, 0.25) is 0 Å². The van der Waals surface area contributed by atoms with Crippen LogP contribution in [-0.4, -0.2) is 11.3 Å². The molecule has 0 aliphatic rings. The van der Waals surface area contributed by atoms with E-state index in [1.54, 1.807) is 0 Å². The molecule has 0 amide bonds. The lowest BCUT2D eigenvalue weighted by Crippen LogP contribution is -2.18. The van der Waals surface area contributed by atoms with E-state index in [4.69, 9.17) is 5.26 Å². The van der Waals surface area contributed by atoms with Crippen LogP contribution in [0.3, 0.4) is 0 Å². The van der Waals surface area contributed by atoms with E-state index in [1.165, 1.54) is 6.07 Å². The summed E-state index contributed by atoms with van der Waals surface area (Å²) in [7, 11) is 0. The second-order valence-corrected chi connectivity index (χ2v) is 2.16. The normalized spacial score (nSPS) is 10.8. The van der Waals surface area contributed by atoms with Crippen molar-refractivity contribution in [3.05, 3.63) is 23.6 Å². The summed E-state index contributed by atoms with van der Waals surface area (Å²) in [5.74, 6) is -2.05. The summed E-state index contributed by atoms with van der Waals surface area (Å²) < 4.78 is 50.9. The van der Waals surface area contributed by atoms with Gasteiger partial charge in [0.15, 0.2) is 0 Å². The SMILES string of the molecule is N#Cc1cnc(OC(F)(F)F)cc1F. The van der Waals surface area contributed by atoms with Gasteiger partial charge in [-0.1, -0.05) is 0 Å². The molecule has 0 saturated heterocycles. The fourth-order valence-electron chi connectivity index (χ4n) is 0.670. The van der Waals surface area contributed by atoms with Crippen molar-refractivity contribution in [2.75, 3.05) is 0 Å². The molecular formula is C7H2F4N2O. The molecule has 0 spiro atoms. The molecule has 0 aliphatic carbocycles. The molecule has 7 heteroatoms. The maximum Gasteiger partial charge on any atom is 0.574 e. The lowest BCUT2D eigenvalue weighted by atomic mass is 10.3. The first kappa shape index (κ1) is 10.2. The van der Waals surface area contributed by atoms with Crippen molar-refractivity contribution in [2.45, 2.75) is 6.36 Å². The van der Waals surface area contributed by atoms with Crippen LogP contribution in [0.15, 0.2) is 12.3 Å². The van der Waals surface area contributed by atoms with E-state index in [-0.39, 0.29) is 0 Å². The van der Waals surface area contributed by atoms with Gasteiger partial charge in [0, 0.05) is 6.07 Å². The zero-order chi connectivity index (χ0) is 10.8. The molecule has 0 bridgehead atoms. The Balaban J connectivity index is 2.94. The van der Waals surface area contributed by atoms with Crippen LogP contribution in [0.5, 0.6) is 5.88 Å². The number of nitrogens with zero attached hydrogens (tertiary/aromatic N) is 2. The number of pyridine rings is 1. The van der Waals surface area contributed by atoms with Gasteiger partial charge in [0.1, 0.15) is 17.4 Å². The first-order valence-electron chi connectivity index (χ1n) is 3.24. The summed E-state index contributed by atoms with van der Waals surface area (Å²) in [5.41, 5.74) is -0.445. The molecular weight excluding hydrogens is 204 g/mol. The van der Waals surface area contributed by atoms with Crippen LogP contribution in [0.1, 0.15) is 5.56 Å². The van der Waals surface area contributed by atoms with Crippen LogP contribution in [0, 0.1) is 17.1 Å². The first-order valence-corrected chi connectivity index (χ1v) is 3.24. The smallest absolute Gasteiger partial charge is 0.388 e. The van der Waals surface area contributed by atoms with Crippen molar-refractivity contribution in [1.29, 1.82) is 5.26 Å². The van der Waals surface area contributed by atoms with E-state index in [0.717, 1.165) is 0 Å². The fourth-order valence-corrected chi connectivity index (χ4v) is 0.670. The Morgan fingerprint density at radius 3 is 2.50 bits per heavy atom. The van der Waals surface area contributed by atoms with E-state index in [0.29, 0.717) is 12.3 Å². The predicted molar refractivity (Wildman–Crippen MR) is 35.6 cm³/mol. The Kier molecular flexibility index (Phi) is 2.56. The van der Waals surface area contributed by atoms with E-state index in [9.17, 15) is 17.6 Å². The summed E-state index contributed by atoms with van der Waals surface area (Å²) in [5, 5.41) is 8.25. The molecule has 3 nitrogen and oxygen atoms in total. The number of hydrogen-bond acceptors (Lipinski definition) is 3. The van der Waals surface area contributed by atoms with Crippen LogP contribution in [0.4, 0.5) is 17.6 Å². The van der Waals surface area contributed by atoms with Crippen molar-refractivity contribution in [3.8, 4) is 11.9 Å².